The molecule has 0 atom stereocenters. The van der Waals surface area contributed by atoms with Crippen molar-refractivity contribution in [3.05, 3.63) is 83.4 Å². The Hall–Kier alpha value is -1.25. The molecule has 124 valence electrons. The van der Waals surface area contributed by atoms with E-state index >= 15 is 0 Å². The van der Waals surface area contributed by atoms with Crippen LogP contribution >= 0.6 is 34.8 Å². The monoisotopic (exact) mass is 370 g/mol. The van der Waals surface area contributed by atoms with Gasteiger partial charge in [-0.15, -0.1) is 0 Å². The molecule has 2 aromatic rings. The van der Waals surface area contributed by atoms with E-state index in [-0.39, 0.29) is 12.1 Å². The first-order valence-electron chi connectivity index (χ1n) is 6.84. The third kappa shape index (κ3) is 11.9. The van der Waals surface area contributed by atoms with Crippen LogP contribution in [0.15, 0.2) is 61.7 Å². The summed E-state index contributed by atoms with van der Waals surface area (Å²) in [5.74, 6) is 0. The molecule has 1 nitrogen and oxygen atoms in total. The van der Waals surface area contributed by atoms with Crippen molar-refractivity contribution in [2.75, 3.05) is 12.1 Å². The number of alkyl halides is 2. The fourth-order valence-electron chi connectivity index (χ4n) is 1.33. The summed E-state index contributed by atoms with van der Waals surface area (Å²) in [6, 6.07) is 16.2. The van der Waals surface area contributed by atoms with E-state index in [0.717, 1.165) is 16.1 Å². The zero-order valence-electron chi connectivity index (χ0n) is 13.1. The van der Waals surface area contributed by atoms with Crippen molar-refractivity contribution in [3.63, 3.8) is 0 Å². The zero-order valence-corrected chi connectivity index (χ0v) is 15.4. The first-order chi connectivity index (χ1) is 11.1. The van der Waals surface area contributed by atoms with E-state index in [1.807, 2.05) is 67.6 Å². The Morgan fingerprint density at radius 3 is 1.43 bits per heavy atom. The number of rotatable bonds is 4. The van der Waals surface area contributed by atoms with Crippen LogP contribution in [0.1, 0.15) is 16.7 Å². The van der Waals surface area contributed by atoms with Gasteiger partial charge in [0, 0.05) is 5.02 Å². The van der Waals surface area contributed by atoms with E-state index in [2.05, 4.69) is 17.9 Å². The van der Waals surface area contributed by atoms with Gasteiger partial charge in [-0.3, -0.25) is 0 Å². The van der Waals surface area contributed by atoms with E-state index in [4.69, 9.17) is 34.8 Å². The Morgan fingerprint density at radius 1 is 0.826 bits per heavy atom. The SMILES string of the molecule is C=Cc1ccc(C=C)cc1.Cc1ccc(Cl)cc1.ClCOCCl. The van der Waals surface area contributed by atoms with E-state index in [1.54, 1.807) is 0 Å². The topological polar surface area (TPSA) is 9.23 Å². The smallest absolute Gasteiger partial charge is 0.122 e. The number of aryl methyl sites for hydroxylation is 1. The fraction of sp³-hybridized carbons (Fsp3) is 0.158. The maximum Gasteiger partial charge on any atom is 0.122 e. The van der Waals surface area contributed by atoms with Gasteiger partial charge in [0.1, 0.15) is 12.1 Å². The fourth-order valence-corrected chi connectivity index (χ4v) is 1.69. The molecule has 0 saturated carbocycles. The van der Waals surface area contributed by atoms with Gasteiger partial charge in [-0.2, -0.15) is 0 Å². The van der Waals surface area contributed by atoms with Gasteiger partial charge in [-0.05, 0) is 30.2 Å². The van der Waals surface area contributed by atoms with Gasteiger partial charge in [-0.25, -0.2) is 0 Å². The van der Waals surface area contributed by atoms with Crippen molar-refractivity contribution in [2.45, 2.75) is 6.92 Å². The highest BCUT2D eigenvalue weighted by Gasteiger charge is 1.84. The van der Waals surface area contributed by atoms with Gasteiger partial charge >= 0.3 is 0 Å². The maximum absolute atomic E-state index is 5.61. The molecule has 2 rings (SSSR count). The first kappa shape index (κ1) is 21.8. The Labute approximate surface area is 154 Å². The van der Waals surface area contributed by atoms with Gasteiger partial charge < -0.3 is 4.74 Å². The van der Waals surface area contributed by atoms with Crippen LogP contribution in [0, 0.1) is 6.92 Å². The zero-order chi connectivity index (χ0) is 17.5. The number of ether oxygens (including phenoxy) is 1. The lowest BCUT2D eigenvalue weighted by molar-refractivity contribution is 0.232. The van der Waals surface area contributed by atoms with Crippen molar-refractivity contribution in [1.82, 2.24) is 0 Å². The highest BCUT2D eigenvalue weighted by molar-refractivity contribution is 6.30. The predicted molar refractivity (Wildman–Crippen MR) is 105 cm³/mol. The Kier molecular flexibility index (Phi) is 13.6. The van der Waals surface area contributed by atoms with Crippen molar-refractivity contribution in [2.24, 2.45) is 0 Å². The molecule has 0 spiro atoms. The first-order valence-corrected chi connectivity index (χ1v) is 8.28. The summed E-state index contributed by atoms with van der Waals surface area (Å²) >= 11 is 15.6. The molecule has 23 heavy (non-hydrogen) atoms. The van der Waals surface area contributed by atoms with Crippen molar-refractivity contribution < 1.29 is 4.74 Å². The lowest BCUT2D eigenvalue weighted by atomic mass is 10.1. The summed E-state index contributed by atoms with van der Waals surface area (Å²) in [6.07, 6.45) is 3.65. The lowest BCUT2D eigenvalue weighted by Crippen LogP contribution is -1.78. The molecule has 0 aliphatic carbocycles. The second-order valence-electron chi connectivity index (χ2n) is 4.29. The molecule has 0 N–H and O–H groups in total. The van der Waals surface area contributed by atoms with Gasteiger partial charge in [0.05, 0.1) is 0 Å². The molecule has 0 aromatic heterocycles. The number of hydrogen-bond donors (Lipinski definition) is 0. The van der Waals surface area contributed by atoms with Crippen molar-refractivity contribution >= 4 is 47.0 Å². The summed E-state index contributed by atoms with van der Waals surface area (Å²) in [5.41, 5.74) is 3.53. The molecule has 0 radical (unpaired) electrons. The maximum atomic E-state index is 5.61. The van der Waals surface area contributed by atoms with Gasteiger partial charge in [-0.1, -0.05) is 102 Å². The van der Waals surface area contributed by atoms with Crippen LogP contribution in [0.3, 0.4) is 0 Å². The van der Waals surface area contributed by atoms with Gasteiger partial charge in [0.25, 0.3) is 0 Å². The molecule has 0 heterocycles. The summed E-state index contributed by atoms with van der Waals surface area (Å²) in [4.78, 5) is 0. The normalized spacial score (nSPS) is 8.87. The molecular weight excluding hydrogens is 351 g/mol. The van der Waals surface area contributed by atoms with Crippen LogP contribution in [0.2, 0.25) is 5.02 Å². The Morgan fingerprint density at radius 2 is 1.22 bits per heavy atom. The largest absolute Gasteiger partial charge is 0.350 e. The minimum Gasteiger partial charge on any atom is -0.350 e. The van der Waals surface area contributed by atoms with E-state index in [9.17, 15) is 0 Å². The number of benzene rings is 2. The van der Waals surface area contributed by atoms with Crippen LogP contribution in [0.4, 0.5) is 0 Å². The second kappa shape index (κ2) is 14.3. The minimum absolute atomic E-state index is 0.184. The molecule has 2 aromatic carbocycles. The van der Waals surface area contributed by atoms with E-state index in [1.165, 1.54) is 5.56 Å². The van der Waals surface area contributed by atoms with Gasteiger partial charge in [0.2, 0.25) is 0 Å². The molecule has 0 aliphatic heterocycles. The predicted octanol–water partition coefficient (Wildman–Crippen LogP) is 7.02. The molecule has 0 aliphatic rings. The van der Waals surface area contributed by atoms with Crippen LogP contribution in [-0.2, 0) is 4.74 Å². The Bertz CT molecular complexity index is 498. The molecule has 0 fully saturated rings. The average Bonchev–Trinajstić information content (AvgIpc) is 2.59. The summed E-state index contributed by atoms with van der Waals surface area (Å²) in [5, 5.41) is 0.801. The third-order valence-electron chi connectivity index (χ3n) is 2.57. The van der Waals surface area contributed by atoms with Crippen molar-refractivity contribution in [3.8, 4) is 0 Å². The van der Waals surface area contributed by atoms with Crippen LogP contribution in [0.5, 0.6) is 0 Å². The van der Waals surface area contributed by atoms with E-state index in [0.29, 0.717) is 0 Å². The highest BCUT2D eigenvalue weighted by Crippen LogP contribution is 2.07. The molecule has 0 bridgehead atoms. The molecule has 0 unspecified atom stereocenters. The molecule has 4 heteroatoms. The van der Waals surface area contributed by atoms with E-state index < -0.39 is 0 Å². The molecule has 0 amide bonds. The lowest BCUT2D eigenvalue weighted by Gasteiger charge is -1.92. The third-order valence-corrected chi connectivity index (χ3v) is 3.13. The standard InChI is InChI=1S/C10H10.C7H7Cl.C2H4Cl2O/c1-3-9-5-7-10(4-2)8-6-9;1-6-2-4-7(8)5-3-6;3-1-5-2-4/h3-8H,1-2H2;2-5H,1H3;1-2H2. The van der Waals surface area contributed by atoms with Crippen LogP contribution in [-0.4, -0.2) is 12.1 Å². The van der Waals surface area contributed by atoms with Gasteiger partial charge in [0.15, 0.2) is 0 Å². The summed E-state index contributed by atoms with van der Waals surface area (Å²) in [7, 11) is 0. The number of hydrogen-bond acceptors (Lipinski definition) is 1. The summed E-state index contributed by atoms with van der Waals surface area (Å²) < 4.78 is 4.36. The summed E-state index contributed by atoms with van der Waals surface area (Å²) in [6.45, 7) is 9.36. The number of halogens is 3. The van der Waals surface area contributed by atoms with Crippen LogP contribution in [0.25, 0.3) is 12.2 Å². The molecular formula is C19H21Cl3O. The van der Waals surface area contributed by atoms with Crippen molar-refractivity contribution in [1.29, 1.82) is 0 Å². The molecule has 0 saturated heterocycles. The Balaban J connectivity index is 0.000000335. The highest BCUT2D eigenvalue weighted by atomic mass is 35.5. The second-order valence-corrected chi connectivity index (χ2v) is 5.17. The minimum atomic E-state index is 0.184. The quantitative estimate of drug-likeness (QED) is 0.525. The van der Waals surface area contributed by atoms with Crippen LogP contribution < -0.4 is 0 Å². The average molecular weight is 372 g/mol.